The first kappa shape index (κ1) is 18.9. The highest BCUT2D eigenvalue weighted by molar-refractivity contribution is 5.76. The Bertz CT molecular complexity index is 963. The number of aryl methyl sites for hydroxylation is 2. The Morgan fingerprint density at radius 2 is 1.83 bits per heavy atom. The number of nitrogens with one attached hydrogen (secondary N) is 1. The lowest BCUT2D eigenvalue weighted by Crippen LogP contribution is -2.50. The summed E-state index contributed by atoms with van der Waals surface area (Å²) in [5.41, 5.74) is 3.06. The Balaban J connectivity index is 1.39. The number of amides is 1. The third-order valence-corrected chi connectivity index (χ3v) is 4.87. The maximum absolute atomic E-state index is 12.4. The second-order valence-corrected chi connectivity index (χ2v) is 7.14. The number of piperazine rings is 1. The number of nitrogens with zero attached hydrogens (tertiary/aromatic N) is 7. The van der Waals surface area contributed by atoms with E-state index in [1.165, 1.54) is 11.9 Å². The topological polar surface area (TPSA) is 92.1 Å². The molecule has 0 bridgehead atoms. The van der Waals surface area contributed by atoms with E-state index in [-0.39, 0.29) is 12.5 Å². The van der Waals surface area contributed by atoms with E-state index in [9.17, 15) is 4.79 Å². The fraction of sp³-hybridized carbons (Fsp3) is 0.350. The molecule has 0 radical (unpaired) electrons. The minimum absolute atomic E-state index is 0.0516. The minimum atomic E-state index is 0.0516. The average molecular weight is 392 g/mol. The summed E-state index contributed by atoms with van der Waals surface area (Å²) in [6.07, 6.45) is 2.99. The molecule has 2 aromatic heterocycles. The van der Waals surface area contributed by atoms with Crippen LogP contribution in [-0.4, -0.2) is 61.7 Å². The quantitative estimate of drug-likeness (QED) is 0.707. The molecular weight excluding hydrogens is 368 g/mol. The normalized spacial score (nSPS) is 14.1. The lowest BCUT2D eigenvalue weighted by atomic mass is 10.2. The summed E-state index contributed by atoms with van der Waals surface area (Å²) in [7, 11) is 0. The van der Waals surface area contributed by atoms with E-state index < -0.39 is 0 Å². The van der Waals surface area contributed by atoms with Gasteiger partial charge in [-0.2, -0.15) is 10.1 Å². The molecule has 0 saturated carbocycles. The summed E-state index contributed by atoms with van der Waals surface area (Å²) in [5.74, 6) is 1.50. The molecule has 9 nitrogen and oxygen atoms in total. The van der Waals surface area contributed by atoms with Crippen molar-refractivity contribution in [1.82, 2.24) is 29.6 Å². The second kappa shape index (κ2) is 8.26. The lowest BCUT2D eigenvalue weighted by molar-refractivity contribution is -0.132. The van der Waals surface area contributed by atoms with E-state index in [1.807, 2.05) is 30.0 Å². The summed E-state index contributed by atoms with van der Waals surface area (Å²) < 4.78 is 1.55. The Labute approximate surface area is 169 Å². The van der Waals surface area contributed by atoms with Crippen LogP contribution in [0.1, 0.15) is 11.3 Å². The van der Waals surface area contributed by atoms with Gasteiger partial charge in [-0.15, -0.1) is 0 Å². The van der Waals surface area contributed by atoms with Crippen molar-refractivity contribution in [2.24, 2.45) is 0 Å². The van der Waals surface area contributed by atoms with Gasteiger partial charge in [0, 0.05) is 43.6 Å². The Kier molecular flexibility index (Phi) is 5.37. The van der Waals surface area contributed by atoms with E-state index in [1.54, 1.807) is 11.0 Å². The molecule has 9 heteroatoms. The van der Waals surface area contributed by atoms with Crippen LogP contribution in [0, 0.1) is 13.8 Å². The molecular formula is C20H24N8O. The molecule has 3 heterocycles. The number of hydrogen-bond acceptors (Lipinski definition) is 7. The highest BCUT2D eigenvalue weighted by atomic mass is 16.2. The summed E-state index contributed by atoms with van der Waals surface area (Å²) in [4.78, 5) is 29.5. The lowest BCUT2D eigenvalue weighted by Gasteiger charge is -2.35. The van der Waals surface area contributed by atoms with Crippen LogP contribution in [0.5, 0.6) is 0 Å². The zero-order chi connectivity index (χ0) is 20.2. The van der Waals surface area contributed by atoms with Crippen molar-refractivity contribution in [2.75, 3.05) is 36.4 Å². The highest BCUT2D eigenvalue weighted by Crippen LogP contribution is 2.20. The second-order valence-electron chi connectivity index (χ2n) is 7.14. The molecule has 1 saturated heterocycles. The van der Waals surface area contributed by atoms with Crippen molar-refractivity contribution in [2.45, 2.75) is 20.4 Å². The SMILES string of the molecule is Cc1ccc(Nc2nc(C)cc(N3CCN(C(=O)Cn4cncn4)CC3)n2)cc1. The van der Waals surface area contributed by atoms with E-state index in [4.69, 9.17) is 0 Å². The highest BCUT2D eigenvalue weighted by Gasteiger charge is 2.22. The average Bonchev–Trinajstić information content (AvgIpc) is 3.22. The van der Waals surface area contributed by atoms with Gasteiger partial charge in [0.25, 0.3) is 0 Å². The number of carbonyl (C=O) groups excluding carboxylic acids is 1. The van der Waals surface area contributed by atoms with Crippen LogP contribution in [0.15, 0.2) is 43.0 Å². The molecule has 0 unspecified atom stereocenters. The number of carbonyl (C=O) groups is 1. The van der Waals surface area contributed by atoms with Crippen LogP contribution in [0.3, 0.4) is 0 Å². The fourth-order valence-electron chi connectivity index (χ4n) is 3.27. The van der Waals surface area contributed by atoms with Crippen LogP contribution in [-0.2, 0) is 11.3 Å². The van der Waals surface area contributed by atoms with Gasteiger partial charge in [-0.3, -0.25) is 4.79 Å². The van der Waals surface area contributed by atoms with E-state index >= 15 is 0 Å². The van der Waals surface area contributed by atoms with E-state index in [2.05, 4.69) is 49.3 Å². The molecule has 1 N–H and O–H groups in total. The summed E-state index contributed by atoms with van der Waals surface area (Å²) in [6.45, 7) is 6.99. The first-order valence-corrected chi connectivity index (χ1v) is 9.61. The summed E-state index contributed by atoms with van der Waals surface area (Å²) >= 11 is 0. The van der Waals surface area contributed by atoms with Gasteiger partial charge in [0.1, 0.15) is 25.0 Å². The van der Waals surface area contributed by atoms with Crippen molar-refractivity contribution < 1.29 is 4.79 Å². The molecule has 3 aromatic rings. The largest absolute Gasteiger partial charge is 0.353 e. The number of hydrogen-bond donors (Lipinski definition) is 1. The molecule has 1 fully saturated rings. The molecule has 1 amide bonds. The van der Waals surface area contributed by atoms with Gasteiger partial charge in [-0.25, -0.2) is 14.6 Å². The van der Waals surface area contributed by atoms with Crippen molar-refractivity contribution in [1.29, 1.82) is 0 Å². The Morgan fingerprint density at radius 3 is 2.52 bits per heavy atom. The van der Waals surface area contributed by atoms with Gasteiger partial charge >= 0.3 is 0 Å². The molecule has 1 aromatic carbocycles. The number of anilines is 3. The summed E-state index contributed by atoms with van der Waals surface area (Å²) in [6, 6.07) is 10.1. The fourth-order valence-corrected chi connectivity index (χ4v) is 3.27. The van der Waals surface area contributed by atoms with Crippen LogP contribution in [0.2, 0.25) is 0 Å². The van der Waals surface area contributed by atoms with E-state index in [0.29, 0.717) is 19.0 Å². The minimum Gasteiger partial charge on any atom is -0.353 e. The molecule has 1 aliphatic rings. The number of benzene rings is 1. The van der Waals surface area contributed by atoms with Crippen LogP contribution >= 0.6 is 0 Å². The Morgan fingerprint density at radius 1 is 1.07 bits per heavy atom. The molecule has 0 spiro atoms. The predicted octanol–water partition coefficient (Wildman–Crippen LogP) is 1.78. The molecule has 0 atom stereocenters. The zero-order valence-corrected chi connectivity index (χ0v) is 16.6. The van der Waals surface area contributed by atoms with Gasteiger partial charge in [-0.1, -0.05) is 17.7 Å². The van der Waals surface area contributed by atoms with Crippen LogP contribution < -0.4 is 10.2 Å². The molecule has 29 heavy (non-hydrogen) atoms. The third kappa shape index (κ3) is 4.68. The van der Waals surface area contributed by atoms with Crippen molar-refractivity contribution >= 4 is 23.4 Å². The van der Waals surface area contributed by atoms with Crippen molar-refractivity contribution in [3.05, 3.63) is 54.2 Å². The van der Waals surface area contributed by atoms with Gasteiger partial charge in [-0.05, 0) is 26.0 Å². The van der Waals surface area contributed by atoms with Gasteiger partial charge in [0.05, 0.1) is 0 Å². The molecule has 4 rings (SSSR count). The maximum Gasteiger partial charge on any atom is 0.244 e. The standard InChI is InChI=1S/C20H24N8O/c1-15-3-5-17(6-4-15)24-20-23-16(2)11-18(25-20)26-7-9-27(10-8-26)19(29)12-28-14-21-13-22-28/h3-6,11,13-14H,7-10,12H2,1-2H3,(H,23,24,25). The van der Waals surface area contributed by atoms with Crippen LogP contribution in [0.25, 0.3) is 0 Å². The van der Waals surface area contributed by atoms with Crippen molar-refractivity contribution in [3.8, 4) is 0 Å². The van der Waals surface area contributed by atoms with Gasteiger partial charge in [0.15, 0.2) is 0 Å². The summed E-state index contributed by atoms with van der Waals surface area (Å²) in [5, 5.41) is 7.27. The van der Waals surface area contributed by atoms with Crippen molar-refractivity contribution in [3.63, 3.8) is 0 Å². The van der Waals surface area contributed by atoms with E-state index in [0.717, 1.165) is 30.3 Å². The molecule has 0 aliphatic carbocycles. The zero-order valence-electron chi connectivity index (χ0n) is 16.6. The Hall–Kier alpha value is -3.49. The maximum atomic E-state index is 12.4. The third-order valence-electron chi connectivity index (χ3n) is 4.87. The smallest absolute Gasteiger partial charge is 0.244 e. The number of aromatic nitrogens is 5. The monoisotopic (exact) mass is 392 g/mol. The molecule has 150 valence electrons. The first-order valence-electron chi connectivity index (χ1n) is 9.61. The molecule has 1 aliphatic heterocycles. The van der Waals surface area contributed by atoms with Gasteiger partial charge in [0.2, 0.25) is 11.9 Å². The van der Waals surface area contributed by atoms with Gasteiger partial charge < -0.3 is 15.1 Å². The van der Waals surface area contributed by atoms with Crippen LogP contribution in [0.4, 0.5) is 17.5 Å². The number of rotatable bonds is 5. The first-order chi connectivity index (χ1) is 14.1. The predicted molar refractivity (Wildman–Crippen MR) is 110 cm³/mol.